The Labute approximate surface area is 191 Å². The van der Waals surface area contributed by atoms with E-state index in [0.717, 1.165) is 26.2 Å². The third-order valence-electron chi connectivity index (χ3n) is 6.06. The molecule has 0 saturated carbocycles. The van der Waals surface area contributed by atoms with Gasteiger partial charge >= 0.3 is 0 Å². The Balaban J connectivity index is 1.35. The largest absolute Gasteiger partial charge is 0.336 e. The summed E-state index contributed by atoms with van der Waals surface area (Å²) in [6.45, 7) is 8.47. The monoisotopic (exact) mass is 447 g/mol. The van der Waals surface area contributed by atoms with Crippen molar-refractivity contribution < 1.29 is 9.18 Å². The molecule has 0 unspecified atom stereocenters. The molecule has 0 aliphatic carbocycles. The zero-order valence-corrected chi connectivity index (χ0v) is 18.8. The van der Waals surface area contributed by atoms with E-state index in [-0.39, 0.29) is 11.7 Å². The fraction of sp³-hybridized carbons (Fsp3) is 0.333. The number of hydrogen-bond donors (Lipinski definition) is 0. The first-order valence-corrected chi connectivity index (χ1v) is 11.2. The van der Waals surface area contributed by atoms with Gasteiger partial charge in [0.25, 0.3) is 5.91 Å². The maximum Gasteiger partial charge on any atom is 0.254 e. The van der Waals surface area contributed by atoms with E-state index in [1.165, 1.54) is 16.3 Å². The fourth-order valence-electron chi connectivity index (χ4n) is 4.30. The highest BCUT2D eigenvalue weighted by Crippen LogP contribution is 2.24. The average Bonchev–Trinajstić information content (AvgIpc) is 3.46. The van der Waals surface area contributed by atoms with E-state index in [0.29, 0.717) is 41.1 Å². The van der Waals surface area contributed by atoms with Crippen LogP contribution in [0.4, 0.5) is 4.39 Å². The highest BCUT2D eigenvalue weighted by molar-refractivity contribution is 6.05. The molecule has 4 aromatic rings. The average molecular weight is 448 g/mol. The summed E-state index contributed by atoms with van der Waals surface area (Å²) >= 11 is 0. The van der Waals surface area contributed by atoms with Crippen LogP contribution in [0.25, 0.3) is 16.7 Å². The Bertz CT molecular complexity index is 1300. The molecule has 1 aliphatic heterocycles. The number of carbonyl (C=O) groups excluding carboxylic acids is 1. The first kappa shape index (κ1) is 21.3. The van der Waals surface area contributed by atoms with Crippen molar-refractivity contribution in [3.63, 3.8) is 0 Å². The molecule has 33 heavy (non-hydrogen) atoms. The van der Waals surface area contributed by atoms with Crippen LogP contribution in [0.15, 0.2) is 48.9 Å². The number of halogens is 1. The van der Waals surface area contributed by atoms with Gasteiger partial charge in [0.1, 0.15) is 11.5 Å². The van der Waals surface area contributed by atoms with Crippen LogP contribution in [0.2, 0.25) is 0 Å². The lowest BCUT2D eigenvalue weighted by Crippen LogP contribution is -2.48. The number of fused-ring (bicyclic) bond motifs is 1. The molecule has 1 fully saturated rings. The van der Waals surface area contributed by atoms with Gasteiger partial charge in [-0.25, -0.2) is 14.1 Å². The van der Waals surface area contributed by atoms with Crippen molar-refractivity contribution >= 4 is 16.9 Å². The molecule has 9 heteroatoms. The first-order valence-electron chi connectivity index (χ1n) is 11.2. The number of pyridine rings is 1. The molecule has 1 saturated heterocycles. The summed E-state index contributed by atoms with van der Waals surface area (Å²) in [5.74, 6) is -0.434. The molecule has 1 aliphatic rings. The summed E-state index contributed by atoms with van der Waals surface area (Å²) in [7, 11) is 0. The van der Waals surface area contributed by atoms with E-state index < -0.39 is 0 Å². The lowest BCUT2D eigenvalue weighted by molar-refractivity contribution is 0.0630. The lowest BCUT2D eigenvalue weighted by atomic mass is 10.1. The normalized spacial score (nSPS) is 14.8. The van der Waals surface area contributed by atoms with Gasteiger partial charge in [-0.05, 0) is 32.0 Å². The van der Waals surface area contributed by atoms with Crippen molar-refractivity contribution in [1.82, 2.24) is 34.3 Å². The third-order valence-corrected chi connectivity index (χ3v) is 6.06. The lowest BCUT2D eigenvalue weighted by Gasteiger charge is -2.34. The Morgan fingerprint density at radius 1 is 1.09 bits per heavy atom. The van der Waals surface area contributed by atoms with Crippen LogP contribution in [0, 0.1) is 12.7 Å². The molecule has 3 aromatic heterocycles. The first-order chi connectivity index (χ1) is 16.0. The highest BCUT2D eigenvalue weighted by atomic mass is 19.1. The molecule has 0 bridgehead atoms. The molecule has 170 valence electrons. The summed E-state index contributed by atoms with van der Waals surface area (Å²) in [4.78, 5) is 22.2. The Hall–Kier alpha value is -3.59. The number of nitrogens with zero attached hydrogens (tertiary/aromatic N) is 7. The fourth-order valence-corrected chi connectivity index (χ4v) is 4.30. The minimum absolute atomic E-state index is 0.0444. The number of carbonyl (C=O) groups is 1. The van der Waals surface area contributed by atoms with Gasteiger partial charge in [0.05, 0.1) is 23.3 Å². The topological polar surface area (TPSA) is 72.1 Å². The van der Waals surface area contributed by atoms with E-state index in [2.05, 4.69) is 33.2 Å². The van der Waals surface area contributed by atoms with Gasteiger partial charge in [0.15, 0.2) is 5.65 Å². The number of amides is 1. The van der Waals surface area contributed by atoms with Gasteiger partial charge in [0.2, 0.25) is 0 Å². The summed E-state index contributed by atoms with van der Waals surface area (Å²) < 4.78 is 17.8. The zero-order valence-electron chi connectivity index (χ0n) is 18.8. The molecule has 5 rings (SSSR count). The van der Waals surface area contributed by atoms with Gasteiger partial charge in [-0.1, -0.05) is 12.1 Å². The maximum atomic E-state index is 14.4. The minimum Gasteiger partial charge on any atom is -0.336 e. The number of rotatable bonds is 5. The molecule has 0 radical (unpaired) electrons. The van der Waals surface area contributed by atoms with Crippen LogP contribution in [-0.4, -0.2) is 66.4 Å². The Morgan fingerprint density at radius 2 is 1.88 bits per heavy atom. The number of benzene rings is 1. The minimum atomic E-state index is -0.390. The molecular formula is C24H26FN7O. The predicted octanol–water partition coefficient (Wildman–Crippen LogP) is 3.04. The second-order valence-corrected chi connectivity index (χ2v) is 8.33. The SMILES string of the molecule is CCn1cc(CN2CCN(C(=O)c3cc(C)nc4c3cnn4-c3ccccc3F)CC2)cn1. The van der Waals surface area contributed by atoms with Crippen LogP contribution in [0.3, 0.4) is 0 Å². The molecule has 8 nitrogen and oxygen atoms in total. The number of aromatic nitrogens is 5. The van der Waals surface area contributed by atoms with E-state index in [1.54, 1.807) is 30.5 Å². The molecule has 1 aromatic carbocycles. The quantitative estimate of drug-likeness (QED) is 0.470. The number of hydrogen-bond acceptors (Lipinski definition) is 5. The molecule has 0 atom stereocenters. The molecular weight excluding hydrogens is 421 g/mol. The van der Waals surface area contributed by atoms with Gasteiger partial charge in [0, 0.05) is 56.7 Å². The molecule has 4 heterocycles. The highest BCUT2D eigenvalue weighted by Gasteiger charge is 2.25. The van der Waals surface area contributed by atoms with Crippen LogP contribution in [0.5, 0.6) is 0 Å². The summed E-state index contributed by atoms with van der Waals surface area (Å²) in [6, 6.07) is 8.21. The van der Waals surface area contributed by atoms with Crippen molar-refractivity contribution in [1.29, 1.82) is 0 Å². The summed E-state index contributed by atoms with van der Waals surface area (Å²) in [5, 5.41) is 9.32. The van der Waals surface area contributed by atoms with Gasteiger partial charge in [-0.3, -0.25) is 14.4 Å². The van der Waals surface area contributed by atoms with Crippen molar-refractivity contribution in [2.45, 2.75) is 26.9 Å². The van der Waals surface area contributed by atoms with Crippen molar-refractivity contribution in [2.75, 3.05) is 26.2 Å². The van der Waals surface area contributed by atoms with Crippen molar-refractivity contribution in [3.05, 3.63) is 71.6 Å². The van der Waals surface area contributed by atoms with Crippen LogP contribution < -0.4 is 0 Å². The molecule has 0 spiro atoms. The number of aryl methyl sites for hydroxylation is 2. The van der Waals surface area contributed by atoms with Crippen LogP contribution in [-0.2, 0) is 13.1 Å². The Morgan fingerprint density at radius 3 is 2.61 bits per heavy atom. The second-order valence-electron chi connectivity index (χ2n) is 8.33. The van der Waals surface area contributed by atoms with E-state index in [1.807, 2.05) is 22.7 Å². The number of para-hydroxylation sites is 1. The summed E-state index contributed by atoms with van der Waals surface area (Å²) in [5.41, 5.74) is 3.22. The van der Waals surface area contributed by atoms with Crippen molar-refractivity contribution in [3.8, 4) is 5.69 Å². The van der Waals surface area contributed by atoms with Gasteiger partial charge in [-0.2, -0.15) is 10.2 Å². The number of piperazine rings is 1. The third kappa shape index (κ3) is 4.11. The maximum absolute atomic E-state index is 14.4. The summed E-state index contributed by atoms with van der Waals surface area (Å²) in [6.07, 6.45) is 5.58. The van der Waals surface area contributed by atoms with Gasteiger partial charge in [-0.15, -0.1) is 0 Å². The molecule has 0 N–H and O–H groups in total. The Kier molecular flexibility index (Phi) is 5.63. The van der Waals surface area contributed by atoms with E-state index in [4.69, 9.17) is 0 Å². The molecule has 1 amide bonds. The van der Waals surface area contributed by atoms with E-state index >= 15 is 0 Å². The van der Waals surface area contributed by atoms with Crippen LogP contribution >= 0.6 is 0 Å². The van der Waals surface area contributed by atoms with Crippen molar-refractivity contribution in [2.24, 2.45) is 0 Å². The van der Waals surface area contributed by atoms with E-state index in [9.17, 15) is 9.18 Å². The predicted molar refractivity (Wildman–Crippen MR) is 123 cm³/mol. The standard InChI is InChI=1S/C24H26FN7O/c1-3-31-16-18(13-26-31)15-29-8-10-30(11-9-29)24(33)19-12-17(2)28-23-20(19)14-27-32(23)22-7-5-4-6-21(22)25/h4-7,12-14,16H,3,8-11,15H2,1-2H3. The second kappa shape index (κ2) is 8.74. The smallest absolute Gasteiger partial charge is 0.254 e. The van der Waals surface area contributed by atoms with Crippen LogP contribution in [0.1, 0.15) is 28.5 Å². The zero-order chi connectivity index (χ0) is 22.9. The van der Waals surface area contributed by atoms with Gasteiger partial charge < -0.3 is 4.90 Å².